The number of carbonyl (C=O) groups excluding carboxylic acids is 1. The smallest absolute Gasteiger partial charge is 0.234 e. The molecule has 0 bridgehead atoms. The van der Waals surface area contributed by atoms with E-state index in [1.807, 2.05) is 31.3 Å². The Hall–Kier alpha value is -1.06. The third-order valence-electron chi connectivity index (χ3n) is 3.11. The van der Waals surface area contributed by atoms with Gasteiger partial charge in [0.15, 0.2) is 0 Å². The quantitative estimate of drug-likeness (QED) is 0.834. The molecule has 1 unspecified atom stereocenters. The van der Waals surface area contributed by atoms with E-state index in [0.29, 0.717) is 24.0 Å². The molecule has 1 N–H and O–H groups in total. The molecular weight excluding hydrogens is 260 g/mol. The number of hydrogen-bond donors (Lipinski definition) is 1. The molecule has 0 aliphatic carbocycles. The lowest BCUT2D eigenvalue weighted by molar-refractivity contribution is -0.122. The van der Waals surface area contributed by atoms with Gasteiger partial charge in [0.05, 0.1) is 6.54 Å². The highest BCUT2D eigenvalue weighted by Crippen LogP contribution is 2.10. The number of carbonyl (C=O) groups is 1. The summed E-state index contributed by atoms with van der Waals surface area (Å²) in [7, 11) is 1.98. The van der Waals surface area contributed by atoms with E-state index < -0.39 is 0 Å². The Labute approximate surface area is 120 Å². The molecule has 4 heteroatoms. The number of hydrogen-bond acceptors (Lipinski definition) is 2. The van der Waals surface area contributed by atoms with Crippen LogP contribution in [0.3, 0.4) is 0 Å². The zero-order chi connectivity index (χ0) is 14.3. The summed E-state index contributed by atoms with van der Waals surface area (Å²) in [6, 6.07) is 7.53. The third-order valence-corrected chi connectivity index (χ3v) is 3.35. The molecule has 1 aromatic rings. The van der Waals surface area contributed by atoms with Crippen molar-refractivity contribution < 1.29 is 4.79 Å². The molecule has 0 aliphatic rings. The van der Waals surface area contributed by atoms with Crippen molar-refractivity contribution in [3.05, 3.63) is 34.9 Å². The highest BCUT2D eigenvalue weighted by Gasteiger charge is 2.09. The fourth-order valence-electron chi connectivity index (χ4n) is 1.87. The summed E-state index contributed by atoms with van der Waals surface area (Å²) in [5, 5.41) is 3.60. The summed E-state index contributed by atoms with van der Waals surface area (Å²) in [5.74, 6) is 0.663. The summed E-state index contributed by atoms with van der Waals surface area (Å²) in [6.07, 6.45) is 1.13. The van der Waals surface area contributed by atoms with E-state index in [-0.39, 0.29) is 5.91 Å². The standard InChI is InChI=1S/C15H23ClN2O/c1-4-12(2)10-18(3)11-15(19)17-9-13-6-5-7-14(16)8-13/h5-8,12H,4,9-11H2,1-3H3,(H,17,19). The van der Waals surface area contributed by atoms with Gasteiger partial charge in [0.2, 0.25) is 5.91 Å². The van der Waals surface area contributed by atoms with Crippen molar-refractivity contribution in [1.29, 1.82) is 0 Å². The molecule has 1 atom stereocenters. The maximum absolute atomic E-state index is 11.8. The van der Waals surface area contributed by atoms with E-state index in [1.54, 1.807) is 0 Å². The molecule has 0 heterocycles. The van der Waals surface area contributed by atoms with E-state index in [2.05, 4.69) is 24.1 Å². The molecule has 0 spiro atoms. The highest BCUT2D eigenvalue weighted by atomic mass is 35.5. The predicted molar refractivity (Wildman–Crippen MR) is 80.3 cm³/mol. The van der Waals surface area contributed by atoms with Gasteiger partial charge >= 0.3 is 0 Å². The van der Waals surface area contributed by atoms with Gasteiger partial charge < -0.3 is 5.32 Å². The van der Waals surface area contributed by atoms with Gasteiger partial charge in [-0.05, 0) is 30.7 Å². The number of nitrogens with zero attached hydrogens (tertiary/aromatic N) is 1. The summed E-state index contributed by atoms with van der Waals surface area (Å²) in [4.78, 5) is 13.9. The fourth-order valence-corrected chi connectivity index (χ4v) is 2.09. The van der Waals surface area contributed by atoms with Gasteiger partial charge in [-0.15, -0.1) is 0 Å². The predicted octanol–water partition coefficient (Wildman–Crippen LogP) is 2.93. The molecule has 0 fully saturated rings. The molecular formula is C15H23ClN2O. The average molecular weight is 283 g/mol. The van der Waals surface area contributed by atoms with Crippen LogP contribution in [0.5, 0.6) is 0 Å². The first-order chi connectivity index (χ1) is 9.01. The molecule has 19 heavy (non-hydrogen) atoms. The van der Waals surface area contributed by atoms with Crippen LogP contribution in [0.1, 0.15) is 25.8 Å². The number of amides is 1. The second-order valence-electron chi connectivity index (χ2n) is 5.12. The van der Waals surface area contributed by atoms with Gasteiger partial charge in [-0.3, -0.25) is 9.69 Å². The minimum atomic E-state index is 0.0470. The number of likely N-dealkylation sites (N-methyl/N-ethyl adjacent to an activating group) is 1. The zero-order valence-corrected chi connectivity index (χ0v) is 12.7. The Bertz CT molecular complexity index is 409. The molecule has 1 amide bonds. The Kier molecular flexibility index (Phi) is 6.89. The average Bonchev–Trinajstić information content (AvgIpc) is 2.36. The van der Waals surface area contributed by atoms with Crippen LogP contribution in [-0.4, -0.2) is 30.9 Å². The maximum Gasteiger partial charge on any atom is 0.234 e. The lowest BCUT2D eigenvalue weighted by atomic mass is 10.1. The highest BCUT2D eigenvalue weighted by molar-refractivity contribution is 6.30. The van der Waals surface area contributed by atoms with Crippen molar-refractivity contribution in [2.24, 2.45) is 5.92 Å². The van der Waals surface area contributed by atoms with Crippen LogP contribution in [0.4, 0.5) is 0 Å². The van der Waals surface area contributed by atoms with Gasteiger partial charge in [0, 0.05) is 18.1 Å². The molecule has 0 radical (unpaired) electrons. The Morgan fingerprint density at radius 2 is 2.21 bits per heavy atom. The van der Waals surface area contributed by atoms with Crippen LogP contribution in [-0.2, 0) is 11.3 Å². The fraction of sp³-hybridized carbons (Fsp3) is 0.533. The lowest BCUT2D eigenvalue weighted by Crippen LogP contribution is -2.36. The van der Waals surface area contributed by atoms with Crippen molar-refractivity contribution in [3.8, 4) is 0 Å². The molecule has 0 saturated carbocycles. The number of nitrogens with one attached hydrogen (secondary N) is 1. The second-order valence-corrected chi connectivity index (χ2v) is 5.55. The van der Waals surface area contributed by atoms with Crippen LogP contribution in [0.2, 0.25) is 5.02 Å². The molecule has 0 aromatic heterocycles. The zero-order valence-electron chi connectivity index (χ0n) is 11.9. The van der Waals surface area contributed by atoms with Crippen LogP contribution in [0, 0.1) is 5.92 Å². The molecule has 1 rings (SSSR count). The molecule has 1 aromatic carbocycles. The Balaban J connectivity index is 2.31. The maximum atomic E-state index is 11.8. The SMILES string of the molecule is CCC(C)CN(C)CC(=O)NCc1cccc(Cl)c1. The van der Waals surface area contributed by atoms with Crippen LogP contribution < -0.4 is 5.32 Å². The third kappa shape index (κ3) is 6.60. The largest absolute Gasteiger partial charge is 0.351 e. The first-order valence-corrected chi connectivity index (χ1v) is 7.08. The van der Waals surface area contributed by atoms with Crippen molar-refractivity contribution in [2.45, 2.75) is 26.8 Å². The van der Waals surface area contributed by atoms with E-state index in [9.17, 15) is 4.79 Å². The first-order valence-electron chi connectivity index (χ1n) is 6.71. The minimum absolute atomic E-state index is 0.0470. The van der Waals surface area contributed by atoms with E-state index >= 15 is 0 Å². The van der Waals surface area contributed by atoms with Gasteiger partial charge in [-0.25, -0.2) is 0 Å². The number of benzene rings is 1. The minimum Gasteiger partial charge on any atom is -0.351 e. The summed E-state index contributed by atoms with van der Waals surface area (Å²) in [6.45, 7) is 6.26. The van der Waals surface area contributed by atoms with Crippen molar-refractivity contribution in [3.63, 3.8) is 0 Å². The molecule has 106 valence electrons. The van der Waals surface area contributed by atoms with Crippen molar-refractivity contribution in [2.75, 3.05) is 20.1 Å². The topological polar surface area (TPSA) is 32.3 Å². The van der Waals surface area contributed by atoms with E-state index in [0.717, 1.165) is 18.5 Å². The monoisotopic (exact) mass is 282 g/mol. The molecule has 0 saturated heterocycles. The summed E-state index contributed by atoms with van der Waals surface area (Å²) >= 11 is 5.90. The number of rotatable bonds is 7. The number of halogens is 1. The van der Waals surface area contributed by atoms with Gasteiger partial charge in [-0.2, -0.15) is 0 Å². The summed E-state index contributed by atoms with van der Waals surface area (Å²) in [5.41, 5.74) is 1.02. The lowest BCUT2D eigenvalue weighted by Gasteiger charge is -2.19. The van der Waals surface area contributed by atoms with Gasteiger partial charge in [0.25, 0.3) is 0 Å². The van der Waals surface area contributed by atoms with Crippen LogP contribution in [0.25, 0.3) is 0 Å². The molecule has 3 nitrogen and oxygen atoms in total. The van der Waals surface area contributed by atoms with E-state index in [4.69, 9.17) is 11.6 Å². The van der Waals surface area contributed by atoms with Gasteiger partial charge in [0.1, 0.15) is 0 Å². The Morgan fingerprint density at radius 1 is 1.47 bits per heavy atom. The normalized spacial score (nSPS) is 12.5. The second kappa shape index (κ2) is 8.18. The van der Waals surface area contributed by atoms with Crippen molar-refractivity contribution in [1.82, 2.24) is 10.2 Å². The van der Waals surface area contributed by atoms with Crippen LogP contribution in [0.15, 0.2) is 24.3 Å². The van der Waals surface area contributed by atoms with E-state index in [1.165, 1.54) is 0 Å². The summed E-state index contributed by atoms with van der Waals surface area (Å²) < 4.78 is 0. The van der Waals surface area contributed by atoms with Crippen molar-refractivity contribution >= 4 is 17.5 Å². The van der Waals surface area contributed by atoms with Crippen LogP contribution >= 0.6 is 11.6 Å². The Morgan fingerprint density at radius 3 is 2.84 bits per heavy atom. The first kappa shape index (κ1) is 16.0. The molecule has 0 aliphatic heterocycles. The van der Waals surface area contributed by atoms with Gasteiger partial charge in [-0.1, -0.05) is 44.0 Å².